The molecule has 17 heavy (non-hydrogen) atoms. The van der Waals surface area contributed by atoms with Crippen LogP contribution in [-0.2, 0) is 4.12 Å². The molecule has 0 aromatic carbocycles. The lowest BCUT2D eigenvalue weighted by Gasteiger charge is -2.39. The van der Waals surface area contributed by atoms with Gasteiger partial charge in [-0.1, -0.05) is 67.2 Å². The van der Waals surface area contributed by atoms with Crippen molar-refractivity contribution in [3.63, 3.8) is 0 Å². The minimum absolute atomic E-state index is 0.256. The van der Waals surface area contributed by atoms with Crippen LogP contribution in [0.4, 0.5) is 0 Å². The first kappa shape index (κ1) is 17.4. The minimum Gasteiger partial charge on any atom is -0.460 e. The van der Waals surface area contributed by atoms with Gasteiger partial charge < -0.3 is 4.12 Å². The van der Waals surface area contributed by atoms with Crippen molar-refractivity contribution in [3.8, 4) is 0 Å². The van der Waals surface area contributed by atoms with Gasteiger partial charge in [0.05, 0.1) is 0 Å². The average molecular weight is 275 g/mol. The van der Waals surface area contributed by atoms with Crippen LogP contribution in [0.1, 0.15) is 67.2 Å². The van der Waals surface area contributed by atoms with Crippen LogP contribution >= 0.6 is 0 Å². The highest BCUT2D eigenvalue weighted by molar-refractivity contribution is 6.79. The first-order valence-corrected chi connectivity index (χ1v) is 11.5. The number of unbranched alkanes of at least 4 members (excludes halogenated alkanes) is 2. The van der Waals surface area contributed by atoms with Crippen LogP contribution in [0.5, 0.6) is 0 Å². The summed E-state index contributed by atoms with van der Waals surface area (Å²) in [6, 6.07) is 2.77. The molecule has 0 saturated heterocycles. The normalized spacial score (nSPS) is 13.4. The van der Waals surface area contributed by atoms with Crippen molar-refractivity contribution in [2.45, 2.75) is 90.4 Å². The fourth-order valence-electron chi connectivity index (χ4n) is 2.72. The van der Waals surface area contributed by atoms with E-state index in [9.17, 15) is 0 Å². The third-order valence-corrected chi connectivity index (χ3v) is 12.8. The molecular weight excluding hydrogens is 240 g/mol. The number of rotatable bonds is 10. The van der Waals surface area contributed by atoms with Gasteiger partial charge in [0.25, 0.3) is 0 Å². The van der Waals surface area contributed by atoms with Crippen molar-refractivity contribution in [1.29, 1.82) is 0 Å². The van der Waals surface area contributed by atoms with Gasteiger partial charge in [0.15, 0.2) is 8.32 Å². The molecule has 0 aliphatic carbocycles. The van der Waals surface area contributed by atoms with Crippen LogP contribution in [-0.4, -0.2) is 18.1 Å². The second kappa shape index (κ2) is 9.34. The van der Waals surface area contributed by atoms with Gasteiger partial charge in [0.2, 0.25) is 0 Å². The Balaban J connectivity index is 4.44. The van der Waals surface area contributed by atoms with E-state index in [1.165, 1.54) is 37.8 Å². The van der Waals surface area contributed by atoms with Crippen LogP contribution in [0, 0.1) is 0 Å². The van der Waals surface area contributed by atoms with Crippen LogP contribution in [0.25, 0.3) is 0 Å². The predicted molar refractivity (Wildman–Crippen MR) is 85.0 cm³/mol. The Labute approximate surface area is 113 Å². The summed E-state index contributed by atoms with van der Waals surface area (Å²) in [6.45, 7) is 14.2. The number of hydrogen-bond acceptors (Lipinski definition) is 1. The molecule has 0 unspecified atom stereocenters. The maximum absolute atomic E-state index is 6.63. The van der Waals surface area contributed by atoms with Gasteiger partial charge in [-0.3, -0.25) is 0 Å². The maximum atomic E-state index is 6.63. The lowest BCUT2D eigenvalue weighted by atomic mass is 10.4. The Morgan fingerprint density at radius 2 is 1.47 bits per heavy atom. The topological polar surface area (TPSA) is 9.23 Å². The first-order valence-electron chi connectivity index (χ1n) is 7.65. The zero-order valence-corrected chi connectivity index (χ0v) is 15.4. The molecule has 0 aromatic heterocycles. The van der Waals surface area contributed by atoms with Gasteiger partial charge in [-0.15, -0.1) is 0 Å². The SMILES string of the molecule is CCCC[SiH2]O[Si](CCCC)(C(C)C)C(C)C. The molecule has 0 saturated carbocycles. The summed E-state index contributed by atoms with van der Waals surface area (Å²) in [6.07, 6.45) is 5.38. The quantitative estimate of drug-likeness (QED) is 0.408. The lowest BCUT2D eigenvalue weighted by molar-refractivity contribution is 0.513. The molecule has 0 rings (SSSR count). The molecule has 0 amide bonds. The third-order valence-electron chi connectivity index (χ3n) is 3.99. The van der Waals surface area contributed by atoms with Crippen LogP contribution < -0.4 is 0 Å². The zero-order chi connectivity index (χ0) is 13.3. The van der Waals surface area contributed by atoms with Gasteiger partial charge in [0.1, 0.15) is 9.76 Å². The molecule has 0 atom stereocenters. The molecule has 0 aromatic rings. The van der Waals surface area contributed by atoms with Crippen molar-refractivity contribution in [1.82, 2.24) is 0 Å². The molecule has 0 radical (unpaired) electrons. The summed E-state index contributed by atoms with van der Waals surface area (Å²) < 4.78 is 6.63. The summed E-state index contributed by atoms with van der Waals surface area (Å²) in [5.74, 6) is 0. The highest BCUT2D eigenvalue weighted by atomic mass is 28.4. The van der Waals surface area contributed by atoms with E-state index in [4.69, 9.17) is 4.12 Å². The molecule has 0 aliphatic heterocycles. The highest BCUT2D eigenvalue weighted by Crippen LogP contribution is 2.38. The van der Waals surface area contributed by atoms with Crippen LogP contribution in [0.15, 0.2) is 0 Å². The molecule has 0 bridgehead atoms. The summed E-state index contributed by atoms with van der Waals surface area (Å²) in [5.41, 5.74) is 1.56. The first-order chi connectivity index (χ1) is 8.01. The zero-order valence-electron chi connectivity index (χ0n) is 13.0. The minimum atomic E-state index is -1.46. The predicted octanol–water partition coefficient (Wildman–Crippen LogP) is 4.87. The fourth-order valence-corrected chi connectivity index (χ4v) is 12.2. The Hall–Kier alpha value is 0.394. The van der Waals surface area contributed by atoms with E-state index in [0.717, 1.165) is 11.1 Å². The molecule has 3 heteroatoms. The smallest absolute Gasteiger partial charge is 0.184 e. The van der Waals surface area contributed by atoms with E-state index in [1.807, 2.05) is 0 Å². The van der Waals surface area contributed by atoms with Crippen molar-refractivity contribution >= 4 is 18.1 Å². The summed E-state index contributed by atoms with van der Waals surface area (Å²) >= 11 is 0. The molecule has 0 spiro atoms. The maximum Gasteiger partial charge on any atom is 0.184 e. The van der Waals surface area contributed by atoms with Crippen molar-refractivity contribution < 1.29 is 4.12 Å². The van der Waals surface area contributed by atoms with Gasteiger partial charge >= 0.3 is 0 Å². The molecule has 104 valence electrons. The monoisotopic (exact) mass is 274 g/mol. The van der Waals surface area contributed by atoms with Gasteiger partial charge in [-0.25, -0.2) is 0 Å². The van der Waals surface area contributed by atoms with E-state index in [2.05, 4.69) is 41.5 Å². The van der Waals surface area contributed by atoms with E-state index in [1.54, 1.807) is 0 Å². The average Bonchev–Trinajstić information content (AvgIpc) is 2.27. The van der Waals surface area contributed by atoms with E-state index < -0.39 is 8.32 Å². The molecule has 1 nitrogen and oxygen atoms in total. The third kappa shape index (κ3) is 5.71. The largest absolute Gasteiger partial charge is 0.460 e. The fraction of sp³-hybridized carbons (Fsp3) is 1.00. The number of hydrogen-bond donors (Lipinski definition) is 0. The van der Waals surface area contributed by atoms with Crippen LogP contribution in [0.3, 0.4) is 0 Å². The Morgan fingerprint density at radius 1 is 0.941 bits per heavy atom. The highest BCUT2D eigenvalue weighted by Gasteiger charge is 2.40. The summed E-state index contributed by atoms with van der Waals surface area (Å²) in [4.78, 5) is 0. The molecule has 0 fully saturated rings. The summed E-state index contributed by atoms with van der Waals surface area (Å²) in [5, 5.41) is 0. The Bertz CT molecular complexity index is 173. The Morgan fingerprint density at radius 3 is 1.88 bits per heavy atom. The van der Waals surface area contributed by atoms with E-state index in [0.29, 0.717) is 0 Å². The van der Waals surface area contributed by atoms with Crippen molar-refractivity contribution in [2.24, 2.45) is 0 Å². The molecule has 0 heterocycles. The molecular formula is C14H34OSi2. The van der Waals surface area contributed by atoms with Crippen molar-refractivity contribution in [2.75, 3.05) is 0 Å². The standard InChI is InChI=1S/C14H34OSi2/c1-7-9-11-16-15-17(13(3)4,14(5)6)12-10-8-2/h13-14H,7-12,16H2,1-6H3. The second-order valence-corrected chi connectivity index (χ2v) is 12.9. The molecule has 0 aliphatic rings. The van der Waals surface area contributed by atoms with Crippen LogP contribution in [0.2, 0.25) is 23.2 Å². The Kier molecular flexibility index (Phi) is 9.56. The van der Waals surface area contributed by atoms with E-state index >= 15 is 0 Å². The lowest BCUT2D eigenvalue weighted by Crippen LogP contribution is -2.45. The van der Waals surface area contributed by atoms with Gasteiger partial charge in [-0.05, 0) is 23.2 Å². The van der Waals surface area contributed by atoms with Gasteiger partial charge in [0, 0.05) is 0 Å². The molecule has 0 N–H and O–H groups in total. The van der Waals surface area contributed by atoms with E-state index in [-0.39, 0.29) is 9.76 Å². The summed E-state index contributed by atoms with van der Waals surface area (Å²) in [7, 11) is -1.72. The van der Waals surface area contributed by atoms with Gasteiger partial charge in [-0.2, -0.15) is 0 Å². The second-order valence-electron chi connectivity index (χ2n) is 5.92. The van der Waals surface area contributed by atoms with Crippen molar-refractivity contribution in [3.05, 3.63) is 0 Å².